The second kappa shape index (κ2) is 7.27. The normalized spacial score (nSPS) is 12.8. The van der Waals surface area contributed by atoms with Crippen molar-refractivity contribution >= 4 is 28.0 Å². The number of amides is 1. The summed E-state index contributed by atoms with van der Waals surface area (Å²) < 4.78 is 15.2. The van der Waals surface area contributed by atoms with Gasteiger partial charge in [-0.2, -0.15) is 5.10 Å². The average molecular weight is 394 g/mol. The third-order valence-corrected chi connectivity index (χ3v) is 4.88. The van der Waals surface area contributed by atoms with Gasteiger partial charge in [0.1, 0.15) is 22.7 Å². The third kappa shape index (κ3) is 3.57. The summed E-state index contributed by atoms with van der Waals surface area (Å²) in [4.78, 5) is 24.8. The Morgan fingerprint density at radius 1 is 1.31 bits per heavy atom. The van der Waals surface area contributed by atoms with Crippen LogP contribution in [0.1, 0.15) is 37.6 Å². The van der Waals surface area contributed by atoms with E-state index >= 15 is 0 Å². The quantitative estimate of drug-likeness (QED) is 0.539. The number of nitrogens with one attached hydrogen (secondary N) is 2. The second-order valence-electron chi connectivity index (χ2n) is 7.79. The summed E-state index contributed by atoms with van der Waals surface area (Å²) in [5.74, 6) is -0.0283. The highest BCUT2D eigenvalue weighted by molar-refractivity contribution is 6.05. The molecular weight excluding hydrogens is 371 g/mol. The molecule has 0 aliphatic rings. The van der Waals surface area contributed by atoms with Crippen molar-refractivity contribution in [2.45, 2.75) is 33.2 Å². The summed E-state index contributed by atoms with van der Waals surface area (Å²) in [6.07, 6.45) is 4.12. The number of rotatable bonds is 5. The van der Waals surface area contributed by atoms with Gasteiger partial charge in [0.2, 0.25) is 0 Å². The molecule has 0 spiro atoms. The van der Waals surface area contributed by atoms with Gasteiger partial charge in [-0.05, 0) is 37.5 Å². The van der Waals surface area contributed by atoms with E-state index in [-0.39, 0.29) is 17.8 Å². The van der Waals surface area contributed by atoms with Crippen molar-refractivity contribution in [1.29, 1.82) is 0 Å². The second-order valence-corrected chi connectivity index (χ2v) is 7.79. The minimum absolute atomic E-state index is 0.0539. The SMILES string of the molecule is CC(C)CC(C)NC(=O)c1c[nH]c2ncc(-c3nn(C)c4cc(F)ccc34)nc12. The molecule has 150 valence electrons. The summed E-state index contributed by atoms with van der Waals surface area (Å²) in [7, 11) is 1.75. The van der Waals surface area contributed by atoms with Gasteiger partial charge in [0.05, 0.1) is 17.3 Å². The summed E-state index contributed by atoms with van der Waals surface area (Å²) in [6.45, 7) is 6.23. The standard InChI is InChI=1S/C21H23FN6O/c1-11(2)7-12(3)25-21(29)15-9-23-20-19(15)26-16(10-24-20)18-14-6-5-13(22)8-17(14)28(4)27-18/h5-6,8-12H,7H2,1-4H3,(H,23,24)(H,25,29). The first-order valence-corrected chi connectivity index (χ1v) is 9.61. The Hall–Kier alpha value is -3.29. The predicted octanol–water partition coefficient (Wildman–Crippen LogP) is 3.82. The zero-order valence-corrected chi connectivity index (χ0v) is 16.8. The molecule has 1 unspecified atom stereocenters. The smallest absolute Gasteiger partial charge is 0.255 e. The van der Waals surface area contributed by atoms with Crippen molar-refractivity contribution in [3.8, 4) is 11.4 Å². The van der Waals surface area contributed by atoms with Crippen LogP contribution in [0, 0.1) is 11.7 Å². The first kappa shape index (κ1) is 19.0. The van der Waals surface area contributed by atoms with Gasteiger partial charge in [-0.3, -0.25) is 9.48 Å². The van der Waals surface area contributed by atoms with E-state index in [1.807, 2.05) is 6.92 Å². The van der Waals surface area contributed by atoms with E-state index in [1.165, 1.54) is 12.1 Å². The summed E-state index contributed by atoms with van der Waals surface area (Å²) in [5, 5.41) is 8.27. The number of hydrogen-bond donors (Lipinski definition) is 2. The Balaban J connectivity index is 1.74. The van der Waals surface area contributed by atoms with Crippen LogP contribution in [0.25, 0.3) is 33.5 Å². The molecule has 3 heterocycles. The number of halogens is 1. The molecule has 1 atom stereocenters. The van der Waals surface area contributed by atoms with E-state index in [0.717, 1.165) is 11.8 Å². The molecule has 0 saturated heterocycles. The number of fused-ring (bicyclic) bond motifs is 2. The maximum absolute atomic E-state index is 13.6. The van der Waals surface area contributed by atoms with Crippen LogP contribution >= 0.6 is 0 Å². The molecule has 4 rings (SSSR count). The number of nitrogens with zero attached hydrogens (tertiary/aromatic N) is 4. The highest BCUT2D eigenvalue weighted by Crippen LogP contribution is 2.28. The summed E-state index contributed by atoms with van der Waals surface area (Å²) in [6, 6.07) is 4.56. The van der Waals surface area contributed by atoms with Gasteiger partial charge in [-0.25, -0.2) is 14.4 Å². The zero-order chi connectivity index (χ0) is 20.7. The molecule has 29 heavy (non-hydrogen) atoms. The Kier molecular flexibility index (Phi) is 4.77. The molecule has 4 aromatic rings. The monoisotopic (exact) mass is 394 g/mol. The number of carbonyl (C=O) groups excluding carboxylic acids is 1. The lowest BCUT2D eigenvalue weighted by atomic mass is 10.1. The predicted molar refractivity (Wildman–Crippen MR) is 110 cm³/mol. The Bertz CT molecular complexity index is 1210. The number of aromatic nitrogens is 5. The number of benzene rings is 1. The molecule has 0 radical (unpaired) electrons. The van der Waals surface area contributed by atoms with Gasteiger partial charge in [-0.1, -0.05) is 13.8 Å². The van der Waals surface area contributed by atoms with Crippen molar-refractivity contribution in [3.05, 3.63) is 42.0 Å². The maximum atomic E-state index is 13.6. The first-order valence-electron chi connectivity index (χ1n) is 9.61. The zero-order valence-electron chi connectivity index (χ0n) is 16.8. The molecule has 0 bridgehead atoms. The number of H-pyrrole nitrogens is 1. The fraction of sp³-hybridized carbons (Fsp3) is 0.333. The molecule has 3 aromatic heterocycles. The molecule has 7 nitrogen and oxygen atoms in total. The van der Waals surface area contributed by atoms with Gasteiger partial charge in [0, 0.05) is 24.7 Å². The largest absolute Gasteiger partial charge is 0.349 e. The molecule has 0 fully saturated rings. The van der Waals surface area contributed by atoms with Crippen LogP contribution in [0.15, 0.2) is 30.6 Å². The number of aryl methyl sites for hydroxylation is 1. The van der Waals surface area contributed by atoms with Crippen molar-refractivity contribution in [3.63, 3.8) is 0 Å². The highest BCUT2D eigenvalue weighted by atomic mass is 19.1. The van der Waals surface area contributed by atoms with Gasteiger partial charge < -0.3 is 10.3 Å². The van der Waals surface area contributed by atoms with Crippen molar-refractivity contribution in [1.82, 2.24) is 30.0 Å². The fourth-order valence-electron chi connectivity index (χ4n) is 3.67. The van der Waals surface area contributed by atoms with Crippen molar-refractivity contribution in [2.24, 2.45) is 13.0 Å². The van der Waals surface area contributed by atoms with E-state index in [2.05, 4.69) is 39.2 Å². The van der Waals surface area contributed by atoms with E-state index < -0.39 is 0 Å². The van der Waals surface area contributed by atoms with Gasteiger partial charge in [-0.15, -0.1) is 0 Å². The van der Waals surface area contributed by atoms with Gasteiger partial charge >= 0.3 is 0 Å². The first-order chi connectivity index (χ1) is 13.8. The molecule has 8 heteroatoms. The molecule has 0 aliphatic carbocycles. The van der Waals surface area contributed by atoms with Crippen LogP contribution in [0.2, 0.25) is 0 Å². The third-order valence-electron chi connectivity index (χ3n) is 4.88. The molecule has 0 aliphatic heterocycles. The summed E-state index contributed by atoms with van der Waals surface area (Å²) in [5.41, 5.74) is 3.24. The molecule has 0 saturated carbocycles. The lowest BCUT2D eigenvalue weighted by Gasteiger charge is -2.15. The fourth-order valence-corrected chi connectivity index (χ4v) is 3.67. The highest BCUT2D eigenvalue weighted by Gasteiger charge is 2.19. The number of carbonyl (C=O) groups is 1. The summed E-state index contributed by atoms with van der Waals surface area (Å²) >= 11 is 0. The molecular formula is C21H23FN6O. The van der Waals surface area contributed by atoms with E-state index in [0.29, 0.717) is 39.5 Å². The van der Waals surface area contributed by atoms with Crippen LogP contribution in [0.4, 0.5) is 4.39 Å². The Morgan fingerprint density at radius 3 is 2.86 bits per heavy atom. The van der Waals surface area contributed by atoms with Crippen LogP contribution in [0.5, 0.6) is 0 Å². The van der Waals surface area contributed by atoms with E-state index in [4.69, 9.17) is 0 Å². The van der Waals surface area contributed by atoms with E-state index in [1.54, 1.807) is 30.2 Å². The topological polar surface area (TPSA) is 88.5 Å². The Morgan fingerprint density at radius 2 is 2.10 bits per heavy atom. The lowest BCUT2D eigenvalue weighted by molar-refractivity contribution is 0.0937. The van der Waals surface area contributed by atoms with Crippen LogP contribution < -0.4 is 5.32 Å². The minimum Gasteiger partial charge on any atom is -0.349 e. The van der Waals surface area contributed by atoms with Gasteiger partial charge in [0.25, 0.3) is 5.91 Å². The average Bonchev–Trinajstić information content (AvgIpc) is 3.21. The number of hydrogen-bond acceptors (Lipinski definition) is 4. The molecule has 1 aromatic carbocycles. The molecule has 1 amide bonds. The maximum Gasteiger partial charge on any atom is 0.255 e. The molecule has 2 N–H and O–H groups in total. The Labute approximate surface area is 167 Å². The van der Waals surface area contributed by atoms with Crippen molar-refractivity contribution in [2.75, 3.05) is 0 Å². The van der Waals surface area contributed by atoms with Crippen LogP contribution in [-0.2, 0) is 7.05 Å². The minimum atomic E-state index is -0.325. The van der Waals surface area contributed by atoms with E-state index in [9.17, 15) is 9.18 Å². The van der Waals surface area contributed by atoms with Crippen molar-refractivity contribution < 1.29 is 9.18 Å². The van der Waals surface area contributed by atoms with Gasteiger partial charge in [0.15, 0.2) is 5.65 Å². The number of aromatic amines is 1. The lowest BCUT2D eigenvalue weighted by Crippen LogP contribution is -2.33. The van der Waals surface area contributed by atoms with Crippen LogP contribution in [0.3, 0.4) is 0 Å². The van der Waals surface area contributed by atoms with Crippen LogP contribution in [-0.4, -0.2) is 36.7 Å².